The molecule has 1 unspecified atom stereocenters. The van der Waals surface area contributed by atoms with Gasteiger partial charge in [-0.3, -0.25) is 0 Å². The summed E-state index contributed by atoms with van der Waals surface area (Å²) in [5.74, 6) is -0.727. The van der Waals surface area contributed by atoms with E-state index in [1.54, 1.807) is 6.92 Å². The van der Waals surface area contributed by atoms with Crippen LogP contribution < -0.4 is 5.32 Å². The van der Waals surface area contributed by atoms with Gasteiger partial charge in [0.25, 0.3) is 0 Å². The van der Waals surface area contributed by atoms with E-state index in [2.05, 4.69) is 21.2 Å². The largest absolute Gasteiger partial charge is 0.314 e. The molecule has 0 bridgehead atoms. The van der Waals surface area contributed by atoms with Crippen LogP contribution >= 0.6 is 28.3 Å². The van der Waals surface area contributed by atoms with Gasteiger partial charge in [-0.2, -0.15) is 4.31 Å². The van der Waals surface area contributed by atoms with E-state index in [-0.39, 0.29) is 23.3 Å². The van der Waals surface area contributed by atoms with E-state index in [1.165, 1.54) is 22.5 Å². The average molecular weight is 374 g/mol. The molecule has 1 atom stereocenters. The topological polar surface area (TPSA) is 49.4 Å². The number of hydrogen-bond donors (Lipinski definition) is 1. The molecule has 1 aliphatic rings. The number of hydrogen-bond acceptors (Lipinski definition) is 3. The van der Waals surface area contributed by atoms with E-state index in [0.29, 0.717) is 24.1 Å². The fourth-order valence-electron chi connectivity index (χ4n) is 1.99. The summed E-state index contributed by atoms with van der Waals surface area (Å²) in [6.07, 6.45) is 0. The van der Waals surface area contributed by atoms with Crippen molar-refractivity contribution in [3.63, 3.8) is 0 Å². The molecular formula is C11H15BrClFN2O2S. The van der Waals surface area contributed by atoms with Gasteiger partial charge < -0.3 is 5.32 Å². The van der Waals surface area contributed by atoms with Crippen LogP contribution in [0.1, 0.15) is 6.92 Å². The first kappa shape index (κ1) is 16.8. The summed E-state index contributed by atoms with van der Waals surface area (Å²) >= 11 is 3.11. The van der Waals surface area contributed by atoms with Crippen molar-refractivity contribution in [2.24, 2.45) is 0 Å². The SMILES string of the molecule is CC1CNCCN1S(=O)(=O)c1ccc(Br)cc1F.Cl. The minimum absolute atomic E-state index is 0. The van der Waals surface area contributed by atoms with Crippen LogP contribution in [0.25, 0.3) is 0 Å². The highest BCUT2D eigenvalue weighted by Gasteiger charge is 2.32. The maximum atomic E-state index is 13.8. The standard InChI is InChI=1S/C11H14BrFN2O2S.ClH/c1-8-7-14-4-5-15(8)18(16,17)11-3-2-9(12)6-10(11)13;/h2-3,6,8,14H,4-5,7H2,1H3;1H. The Morgan fingerprint density at radius 2 is 2.16 bits per heavy atom. The van der Waals surface area contributed by atoms with Crippen LogP contribution in [0.4, 0.5) is 4.39 Å². The molecule has 0 radical (unpaired) electrons. The molecule has 0 amide bonds. The second kappa shape index (κ2) is 6.49. The smallest absolute Gasteiger partial charge is 0.246 e. The highest BCUT2D eigenvalue weighted by molar-refractivity contribution is 9.10. The molecule has 1 fully saturated rings. The van der Waals surface area contributed by atoms with Crippen molar-refractivity contribution < 1.29 is 12.8 Å². The number of nitrogens with one attached hydrogen (secondary N) is 1. The number of nitrogens with zero attached hydrogens (tertiary/aromatic N) is 1. The Kier molecular flexibility index (Phi) is 5.76. The van der Waals surface area contributed by atoms with Gasteiger partial charge in [-0.25, -0.2) is 12.8 Å². The van der Waals surface area contributed by atoms with Crippen LogP contribution in [0.2, 0.25) is 0 Å². The maximum Gasteiger partial charge on any atom is 0.246 e. The third-order valence-corrected chi connectivity index (χ3v) is 5.46. The van der Waals surface area contributed by atoms with E-state index in [0.717, 1.165) is 0 Å². The van der Waals surface area contributed by atoms with Crippen LogP contribution in [-0.2, 0) is 10.0 Å². The van der Waals surface area contributed by atoms with Crippen molar-refractivity contribution in [3.8, 4) is 0 Å². The molecule has 108 valence electrons. The normalized spacial score (nSPS) is 20.9. The lowest BCUT2D eigenvalue weighted by molar-refractivity contribution is 0.283. The Morgan fingerprint density at radius 3 is 2.74 bits per heavy atom. The van der Waals surface area contributed by atoms with Crippen molar-refractivity contribution in [1.82, 2.24) is 9.62 Å². The van der Waals surface area contributed by atoms with Crippen LogP contribution in [0.3, 0.4) is 0 Å². The van der Waals surface area contributed by atoms with Gasteiger partial charge in [-0.05, 0) is 25.1 Å². The minimum Gasteiger partial charge on any atom is -0.314 e. The second-order valence-electron chi connectivity index (χ2n) is 4.24. The minimum atomic E-state index is -3.76. The molecule has 1 heterocycles. The van der Waals surface area contributed by atoms with Crippen molar-refractivity contribution in [2.75, 3.05) is 19.6 Å². The van der Waals surface area contributed by atoms with Gasteiger partial charge in [-0.15, -0.1) is 12.4 Å². The third kappa shape index (κ3) is 3.46. The maximum absolute atomic E-state index is 13.8. The Bertz CT molecular complexity index is 556. The summed E-state index contributed by atoms with van der Waals surface area (Å²) in [7, 11) is -3.76. The molecule has 1 aromatic carbocycles. The summed E-state index contributed by atoms with van der Waals surface area (Å²) < 4.78 is 40.4. The highest BCUT2D eigenvalue weighted by Crippen LogP contribution is 2.24. The van der Waals surface area contributed by atoms with Crippen LogP contribution in [0.5, 0.6) is 0 Å². The lowest BCUT2D eigenvalue weighted by atomic mass is 10.3. The third-order valence-electron chi connectivity index (χ3n) is 2.92. The van der Waals surface area contributed by atoms with E-state index in [9.17, 15) is 12.8 Å². The number of halogens is 3. The van der Waals surface area contributed by atoms with Crippen molar-refractivity contribution in [3.05, 3.63) is 28.5 Å². The zero-order chi connectivity index (χ0) is 13.3. The Balaban J connectivity index is 0.00000180. The molecule has 2 rings (SSSR count). The van der Waals surface area contributed by atoms with E-state index < -0.39 is 15.8 Å². The molecule has 0 aliphatic carbocycles. The molecule has 1 aliphatic heterocycles. The Labute approximate surface area is 127 Å². The van der Waals surface area contributed by atoms with Crippen molar-refractivity contribution in [1.29, 1.82) is 0 Å². The first-order valence-electron chi connectivity index (χ1n) is 5.60. The lowest BCUT2D eigenvalue weighted by Crippen LogP contribution is -2.52. The van der Waals surface area contributed by atoms with Gasteiger partial charge in [-0.1, -0.05) is 15.9 Å². The molecule has 1 N–H and O–H groups in total. The molecule has 8 heteroatoms. The van der Waals surface area contributed by atoms with Gasteiger partial charge in [0, 0.05) is 30.1 Å². The van der Waals surface area contributed by atoms with Crippen LogP contribution in [-0.4, -0.2) is 38.4 Å². The number of sulfonamides is 1. The Hall–Kier alpha value is -0.210. The second-order valence-corrected chi connectivity index (χ2v) is 7.02. The van der Waals surface area contributed by atoms with Gasteiger partial charge in [0.15, 0.2) is 0 Å². The summed E-state index contributed by atoms with van der Waals surface area (Å²) in [4.78, 5) is -0.264. The van der Waals surface area contributed by atoms with Gasteiger partial charge >= 0.3 is 0 Å². The van der Waals surface area contributed by atoms with Crippen molar-refractivity contribution >= 4 is 38.4 Å². The van der Waals surface area contributed by atoms with Gasteiger partial charge in [0.05, 0.1) is 0 Å². The lowest BCUT2D eigenvalue weighted by Gasteiger charge is -2.32. The molecular weight excluding hydrogens is 359 g/mol. The predicted molar refractivity (Wildman–Crippen MR) is 77.6 cm³/mol. The van der Waals surface area contributed by atoms with Gasteiger partial charge in [0.2, 0.25) is 10.0 Å². The molecule has 4 nitrogen and oxygen atoms in total. The number of benzene rings is 1. The fourth-order valence-corrected chi connectivity index (χ4v) is 4.00. The van der Waals surface area contributed by atoms with Crippen LogP contribution in [0.15, 0.2) is 27.6 Å². The van der Waals surface area contributed by atoms with Crippen LogP contribution in [0, 0.1) is 5.82 Å². The zero-order valence-electron chi connectivity index (χ0n) is 10.3. The molecule has 0 aromatic heterocycles. The molecule has 1 saturated heterocycles. The monoisotopic (exact) mass is 372 g/mol. The molecule has 1 aromatic rings. The molecule has 0 spiro atoms. The average Bonchev–Trinajstić information content (AvgIpc) is 2.28. The molecule has 0 saturated carbocycles. The van der Waals surface area contributed by atoms with E-state index in [1.807, 2.05) is 0 Å². The highest BCUT2D eigenvalue weighted by atomic mass is 79.9. The first-order chi connectivity index (χ1) is 8.43. The van der Waals surface area contributed by atoms with E-state index >= 15 is 0 Å². The summed E-state index contributed by atoms with van der Waals surface area (Å²) in [6, 6.07) is 3.82. The van der Waals surface area contributed by atoms with E-state index in [4.69, 9.17) is 0 Å². The quantitative estimate of drug-likeness (QED) is 0.862. The number of piperazine rings is 1. The predicted octanol–water partition coefficient (Wildman–Crippen LogP) is 1.99. The first-order valence-corrected chi connectivity index (χ1v) is 7.84. The molecule has 19 heavy (non-hydrogen) atoms. The summed E-state index contributed by atoms with van der Waals surface area (Å²) in [5, 5.41) is 3.10. The zero-order valence-corrected chi connectivity index (χ0v) is 13.5. The Morgan fingerprint density at radius 1 is 1.47 bits per heavy atom. The van der Waals surface area contributed by atoms with Gasteiger partial charge in [0.1, 0.15) is 10.7 Å². The summed E-state index contributed by atoms with van der Waals surface area (Å²) in [6.45, 7) is 3.33. The van der Waals surface area contributed by atoms with Crippen molar-refractivity contribution in [2.45, 2.75) is 17.9 Å². The summed E-state index contributed by atoms with van der Waals surface area (Å²) in [5.41, 5.74) is 0. The number of rotatable bonds is 2. The fraction of sp³-hybridized carbons (Fsp3) is 0.455.